The van der Waals surface area contributed by atoms with E-state index >= 15 is 0 Å². The van der Waals surface area contributed by atoms with Gasteiger partial charge in [-0.1, -0.05) is 32.9 Å². The summed E-state index contributed by atoms with van der Waals surface area (Å²) in [6.07, 6.45) is 0. The molecule has 0 saturated heterocycles. The zero-order valence-corrected chi connectivity index (χ0v) is 11.8. The Kier molecular flexibility index (Phi) is 4.46. The minimum atomic E-state index is -0.429. The number of ketones is 1. The Morgan fingerprint density at radius 2 is 1.82 bits per heavy atom. The predicted octanol–water partition coefficient (Wildman–Crippen LogP) is 2.79. The molecule has 1 rings (SSSR count). The number of carbonyl (C=O) groups excluding carboxylic acids is 2. The highest BCUT2D eigenvalue weighted by Crippen LogP contribution is 2.16. The van der Waals surface area contributed by atoms with Crippen LogP contribution in [0.1, 0.15) is 31.1 Å². The van der Waals surface area contributed by atoms with Gasteiger partial charge in [0.05, 0.1) is 12.1 Å². The van der Waals surface area contributed by atoms with Crippen molar-refractivity contribution in [2.75, 3.05) is 6.54 Å². The zero-order chi connectivity index (χ0) is 13.1. The number of hydrogen-bond acceptors (Lipinski definition) is 2. The van der Waals surface area contributed by atoms with E-state index in [0.717, 1.165) is 4.47 Å². The molecule has 92 valence electrons. The van der Waals surface area contributed by atoms with E-state index < -0.39 is 5.41 Å². The van der Waals surface area contributed by atoms with Gasteiger partial charge in [0.1, 0.15) is 0 Å². The van der Waals surface area contributed by atoms with E-state index in [-0.39, 0.29) is 18.2 Å². The van der Waals surface area contributed by atoms with Gasteiger partial charge in [0.2, 0.25) is 0 Å². The van der Waals surface area contributed by atoms with Gasteiger partial charge < -0.3 is 5.32 Å². The molecule has 1 amide bonds. The minimum Gasteiger partial charge on any atom is -0.345 e. The van der Waals surface area contributed by atoms with Crippen molar-refractivity contribution in [3.05, 3.63) is 34.3 Å². The van der Waals surface area contributed by atoms with E-state index in [0.29, 0.717) is 5.56 Å². The Balaban J connectivity index is 2.63. The summed E-state index contributed by atoms with van der Waals surface area (Å²) in [6.45, 7) is 5.56. The highest BCUT2D eigenvalue weighted by atomic mass is 79.9. The molecule has 0 aliphatic carbocycles. The van der Waals surface area contributed by atoms with Crippen molar-refractivity contribution in [3.63, 3.8) is 0 Å². The lowest BCUT2D eigenvalue weighted by Crippen LogP contribution is -2.35. The fraction of sp³-hybridized carbons (Fsp3) is 0.385. The number of benzene rings is 1. The summed E-state index contributed by atoms with van der Waals surface area (Å²) in [5, 5.41) is 2.63. The van der Waals surface area contributed by atoms with Crippen LogP contribution in [0, 0.1) is 5.41 Å². The van der Waals surface area contributed by atoms with Crippen molar-refractivity contribution < 1.29 is 9.59 Å². The van der Waals surface area contributed by atoms with E-state index in [1.54, 1.807) is 18.2 Å². The van der Waals surface area contributed by atoms with Crippen LogP contribution >= 0.6 is 15.9 Å². The van der Waals surface area contributed by atoms with Crippen molar-refractivity contribution in [3.8, 4) is 0 Å². The summed E-state index contributed by atoms with van der Waals surface area (Å²) in [5.74, 6) is -0.229. The first kappa shape index (κ1) is 13.9. The number of halogens is 1. The zero-order valence-electron chi connectivity index (χ0n) is 10.2. The average molecular weight is 298 g/mol. The highest BCUT2D eigenvalue weighted by molar-refractivity contribution is 9.10. The van der Waals surface area contributed by atoms with Crippen LogP contribution in [0.15, 0.2) is 28.7 Å². The Morgan fingerprint density at radius 1 is 1.24 bits per heavy atom. The average Bonchev–Trinajstić information content (AvgIpc) is 2.24. The van der Waals surface area contributed by atoms with Gasteiger partial charge in [-0.25, -0.2) is 0 Å². The first-order valence-corrected chi connectivity index (χ1v) is 6.17. The number of Topliss-reactive ketones (excluding diaryl/α,β-unsaturated/α-hetero) is 1. The molecule has 1 aromatic carbocycles. The Bertz CT molecular complexity index is 435. The monoisotopic (exact) mass is 297 g/mol. The predicted molar refractivity (Wildman–Crippen MR) is 70.9 cm³/mol. The first-order valence-electron chi connectivity index (χ1n) is 5.38. The normalized spacial score (nSPS) is 11.1. The summed E-state index contributed by atoms with van der Waals surface area (Å²) < 4.78 is 0.723. The maximum atomic E-state index is 11.8. The molecule has 1 aromatic rings. The largest absolute Gasteiger partial charge is 0.345 e. The van der Waals surface area contributed by atoms with Gasteiger partial charge in [-0.15, -0.1) is 0 Å². The number of rotatable bonds is 3. The number of hydrogen-bond donors (Lipinski definition) is 1. The van der Waals surface area contributed by atoms with Crippen LogP contribution in [-0.2, 0) is 4.79 Å². The molecule has 3 nitrogen and oxygen atoms in total. The molecule has 0 aliphatic rings. The molecule has 0 heterocycles. The number of carbonyl (C=O) groups is 2. The lowest BCUT2D eigenvalue weighted by atomic mass is 9.91. The Morgan fingerprint density at radius 3 is 2.35 bits per heavy atom. The molecule has 0 spiro atoms. The maximum Gasteiger partial charge on any atom is 0.252 e. The second kappa shape index (κ2) is 5.45. The van der Waals surface area contributed by atoms with E-state index in [4.69, 9.17) is 0 Å². The summed E-state index contributed by atoms with van der Waals surface area (Å²) in [6, 6.07) is 7.12. The van der Waals surface area contributed by atoms with E-state index in [9.17, 15) is 9.59 Å². The molecule has 0 atom stereocenters. The molecule has 4 heteroatoms. The van der Waals surface area contributed by atoms with Crippen molar-refractivity contribution in [2.45, 2.75) is 20.8 Å². The summed E-state index contributed by atoms with van der Waals surface area (Å²) in [7, 11) is 0. The van der Waals surface area contributed by atoms with Crippen LogP contribution in [0.2, 0.25) is 0 Å². The van der Waals surface area contributed by atoms with Crippen LogP contribution in [0.5, 0.6) is 0 Å². The molecule has 0 aliphatic heterocycles. The second-order valence-corrected chi connectivity index (χ2v) is 5.69. The molecular weight excluding hydrogens is 282 g/mol. The smallest absolute Gasteiger partial charge is 0.252 e. The SMILES string of the molecule is CC(C)(C)C(=O)CNC(=O)c1ccccc1Br. The van der Waals surface area contributed by atoms with Crippen molar-refractivity contribution in [1.82, 2.24) is 5.32 Å². The lowest BCUT2D eigenvalue weighted by Gasteiger charge is -2.16. The molecule has 0 bridgehead atoms. The van der Waals surface area contributed by atoms with Crippen molar-refractivity contribution in [1.29, 1.82) is 0 Å². The maximum absolute atomic E-state index is 11.8. The molecule has 0 unspecified atom stereocenters. The standard InChI is InChI=1S/C13H16BrNO2/c1-13(2,3)11(16)8-15-12(17)9-6-4-5-7-10(9)14/h4-7H,8H2,1-3H3,(H,15,17). The molecule has 0 aromatic heterocycles. The summed E-state index contributed by atoms with van der Waals surface area (Å²) in [4.78, 5) is 23.5. The van der Waals surface area contributed by atoms with Gasteiger partial charge >= 0.3 is 0 Å². The third kappa shape index (κ3) is 3.97. The topological polar surface area (TPSA) is 46.2 Å². The van der Waals surface area contributed by atoms with Crippen LogP contribution in [0.3, 0.4) is 0 Å². The Labute approximate surface area is 110 Å². The van der Waals surface area contributed by atoms with Gasteiger partial charge in [0.15, 0.2) is 5.78 Å². The number of amides is 1. The van der Waals surface area contributed by atoms with Crippen molar-refractivity contribution >= 4 is 27.6 Å². The second-order valence-electron chi connectivity index (χ2n) is 4.84. The molecule has 17 heavy (non-hydrogen) atoms. The van der Waals surface area contributed by atoms with Crippen LogP contribution in [0.25, 0.3) is 0 Å². The third-order valence-electron chi connectivity index (χ3n) is 2.36. The lowest BCUT2D eigenvalue weighted by molar-refractivity contribution is -0.125. The fourth-order valence-electron chi connectivity index (χ4n) is 1.17. The number of nitrogens with one attached hydrogen (secondary N) is 1. The molecule has 0 fully saturated rings. The first-order chi connectivity index (χ1) is 7.82. The quantitative estimate of drug-likeness (QED) is 0.932. The van der Waals surface area contributed by atoms with Crippen LogP contribution in [0.4, 0.5) is 0 Å². The van der Waals surface area contributed by atoms with E-state index in [1.807, 2.05) is 26.8 Å². The molecule has 0 radical (unpaired) electrons. The van der Waals surface area contributed by atoms with Gasteiger partial charge in [-0.05, 0) is 28.1 Å². The highest BCUT2D eigenvalue weighted by Gasteiger charge is 2.21. The fourth-order valence-corrected chi connectivity index (χ4v) is 1.63. The van der Waals surface area contributed by atoms with Gasteiger partial charge in [-0.3, -0.25) is 9.59 Å². The van der Waals surface area contributed by atoms with Crippen LogP contribution in [-0.4, -0.2) is 18.2 Å². The molecular formula is C13H16BrNO2. The molecule has 1 N–H and O–H groups in total. The minimum absolute atomic E-state index is 0.0119. The van der Waals surface area contributed by atoms with E-state index in [1.165, 1.54) is 0 Å². The van der Waals surface area contributed by atoms with Crippen LogP contribution < -0.4 is 5.32 Å². The summed E-state index contributed by atoms with van der Waals surface area (Å²) >= 11 is 3.30. The summed E-state index contributed by atoms with van der Waals surface area (Å²) in [5.41, 5.74) is 0.107. The molecule has 0 saturated carbocycles. The van der Waals surface area contributed by atoms with E-state index in [2.05, 4.69) is 21.2 Å². The van der Waals surface area contributed by atoms with Gasteiger partial charge in [0, 0.05) is 9.89 Å². The Hall–Kier alpha value is -1.16. The van der Waals surface area contributed by atoms with Gasteiger partial charge in [0.25, 0.3) is 5.91 Å². The van der Waals surface area contributed by atoms with Crippen molar-refractivity contribution in [2.24, 2.45) is 5.41 Å². The van der Waals surface area contributed by atoms with Gasteiger partial charge in [-0.2, -0.15) is 0 Å². The third-order valence-corrected chi connectivity index (χ3v) is 3.06.